The van der Waals surface area contributed by atoms with E-state index in [9.17, 15) is 14.4 Å². The number of benzene rings is 6. The zero-order valence-electron chi connectivity index (χ0n) is 38.2. The Balaban J connectivity index is 0.000000120. The molecular formula is C57H54Cl3N3O6. The summed E-state index contributed by atoms with van der Waals surface area (Å²) in [6.07, 6.45) is 5.17. The molecule has 12 heteroatoms. The minimum Gasteiger partial charge on any atom is -0.445 e. The largest absolute Gasteiger partial charge is 0.445 e. The number of carbonyl (C=O) groups is 3. The molecule has 3 unspecified atom stereocenters. The summed E-state index contributed by atoms with van der Waals surface area (Å²) in [4.78, 5) is 43.2. The molecule has 0 aromatic heterocycles. The van der Waals surface area contributed by atoms with E-state index in [-0.39, 0.29) is 36.4 Å². The van der Waals surface area contributed by atoms with Crippen LogP contribution in [0.2, 0.25) is 15.1 Å². The Morgan fingerprint density at radius 1 is 0.420 bits per heavy atom. The van der Waals surface area contributed by atoms with Crippen LogP contribution in [0.1, 0.15) is 124 Å². The number of likely N-dealkylation sites (tertiary alicyclic amines) is 3. The quantitative estimate of drug-likeness (QED) is 0.155. The maximum absolute atomic E-state index is 12.5. The van der Waals surface area contributed by atoms with Gasteiger partial charge in [-0.15, -0.1) is 0 Å². The van der Waals surface area contributed by atoms with Crippen LogP contribution in [0.15, 0.2) is 146 Å². The van der Waals surface area contributed by atoms with E-state index in [2.05, 4.69) is 24.3 Å². The molecule has 12 rings (SSSR count). The summed E-state index contributed by atoms with van der Waals surface area (Å²) in [5.74, 6) is 1.59. The summed E-state index contributed by atoms with van der Waals surface area (Å²) < 4.78 is 16.6. The second-order valence-corrected chi connectivity index (χ2v) is 20.0. The molecule has 3 aliphatic carbocycles. The van der Waals surface area contributed by atoms with Crippen molar-refractivity contribution in [2.45, 2.75) is 94.2 Å². The molecule has 6 atom stereocenters. The standard InChI is InChI=1S/3C19H18ClNO2/c20-16-8-4-7-15-14-9-10-21(17(11-14)18(15)16)19(22)23-12-13-5-2-1-3-6-13;20-15-6-7-16-17(11-15)14-8-9-21(18(16)10-14)19(22)23-12-13-4-2-1-3-5-13;20-15-6-7-16-14-8-9-21(18(10-14)17(16)11-15)19(22)23-12-13-4-2-1-3-5-13/h1-8,14,17H,9-12H2;2*1-7,11,14,18H,8-10,12H2/t14-,17?;2*14-,18?/m111/s1. The first-order valence-electron chi connectivity index (χ1n) is 24.0. The number of hydrogen-bond donors (Lipinski definition) is 0. The Kier molecular flexibility index (Phi) is 14.2. The molecule has 0 spiro atoms. The van der Waals surface area contributed by atoms with Gasteiger partial charge in [0.2, 0.25) is 0 Å². The Bertz CT molecular complexity index is 2800. The third-order valence-electron chi connectivity index (χ3n) is 14.7. The van der Waals surface area contributed by atoms with E-state index in [1.54, 1.807) is 0 Å². The number of halogens is 3. The summed E-state index contributed by atoms with van der Waals surface area (Å²) >= 11 is 18.7. The van der Waals surface area contributed by atoms with Gasteiger partial charge in [0.1, 0.15) is 19.8 Å². The molecule has 0 saturated carbocycles. The summed E-state index contributed by atoms with van der Waals surface area (Å²) in [6.45, 7) is 3.16. The highest BCUT2D eigenvalue weighted by Crippen LogP contribution is 2.53. The van der Waals surface area contributed by atoms with Crippen LogP contribution in [0.5, 0.6) is 0 Å². The summed E-state index contributed by atoms with van der Waals surface area (Å²) in [5, 5.41) is 2.26. The molecule has 3 fully saturated rings. The first-order chi connectivity index (χ1) is 33.7. The zero-order chi connectivity index (χ0) is 47.4. The smallest absolute Gasteiger partial charge is 0.410 e. The number of rotatable bonds is 6. The lowest BCUT2D eigenvalue weighted by atomic mass is 9.96. The van der Waals surface area contributed by atoms with Gasteiger partial charge in [-0.05, 0) is 137 Å². The molecule has 3 aliphatic heterocycles. The highest BCUT2D eigenvalue weighted by Gasteiger charge is 2.44. The maximum Gasteiger partial charge on any atom is 0.410 e. The van der Waals surface area contributed by atoms with Gasteiger partial charge in [0.15, 0.2) is 0 Å². The fraction of sp³-hybridized carbons (Fsp3) is 0.316. The van der Waals surface area contributed by atoms with Crippen LogP contribution >= 0.6 is 34.8 Å². The van der Waals surface area contributed by atoms with E-state index in [1.807, 2.05) is 136 Å². The van der Waals surface area contributed by atoms with Gasteiger partial charge >= 0.3 is 18.3 Å². The molecule has 9 nitrogen and oxygen atoms in total. The summed E-state index contributed by atoms with van der Waals surface area (Å²) in [5.41, 5.74) is 10.5. The van der Waals surface area contributed by atoms with E-state index in [1.165, 1.54) is 27.8 Å². The molecule has 6 aromatic rings. The van der Waals surface area contributed by atoms with Crippen molar-refractivity contribution in [2.75, 3.05) is 19.6 Å². The second-order valence-electron chi connectivity index (χ2n) is 18.7. The van der Waals surface area contributed by atoms with Crippen molar-refractivity contribution >= 4 is 53.1 Å². The summed E-state index contributed by atoms with van der Waals surface area (Å²) in [6, 6.07) is 47.8. The van der Waals surface area contributed by atoms with Crippen molar-refractivity contribution in [1.29, 1.82) is 0 Å². The van der Waals surface area contributed by atoms with E-state index in [0.717, 1.165) is 95.5 Å². The van der Waals surface area contributed by atoms with Crippen LogP contribution in [0.3, 0.4) is 0 Å². The molecule has 0 radical (unpaired) electrons. The van der Waals surface area contributed by atoms with Crippen LogP contribution in [0.25, 0.3) is 0 Å². The van der Waals surface area contributed by atoms with Crippen molar-refractivity contribution in [1.82, 2.24) is 14.7 Å². The average molecular weight is 983 g/mol. The molecule has 6 aromatic carbocycles. The molecule has 6 bridgehead atoms. The fourth-order valence-corrected chi connectivity index (χ4v) is 12.0. The number of ether oxygens (including phenoxy) is 3. The number of amides is 3. The SMILES string of the molecule is O=C(OCc1ccccc1)N1CC[C@@H]2CC1c1c(Cl)cccc12.O=C(OCc1ccccc1)N1CC[C@@H]2CC1c1cc(Cl)ccc12.O=C(OCc1ccccc1)N1CC[C@@H]2CC1c1ccc(Cl)cc12. The van der Waals surface area contributed by atoms with Crippen LogP contribution < -0.4 is 0 Å². The van der Waals surface area contributed by atoms with Gasteiger partial charge in [-0.2, -0.15) is 0 Å². The van der Waals surface area contributed by atoms with Crippen LogP contribution in [0.4, 0.5) is 14.4 Å². The Labute approximate surface area is 418 Å². The first kappa shape index (κ1) is 46.7. The second kappa shape index (κ2) is 20.9. The number of piperidine rings is 3. The summed E-state index contributed by atoms with van der Waals surface area (Å²) in [7, 11) is 0. The third-order valence-corrected chi connectivity index (χ3v) is 15.5. The molecule has 354 valence electrons. The predicted octanol–water partition coefficient (Wildman–Crippen LogP) is 14.7. The minimum absolute atomic E-state index is 0.0562. The Morgan fingerprint density at radius 3 is 1.33 bits per heavy atom. The van der Waals surface area contributed by atoms with Crippen molar-refractivity contribution in [3.8, 4) is 0 Å². The minimum atomic E-state index is -0.245. The monoisotopic (exact) mass is 981 g/mol. The first-order valence-corrected chi connectivity index (χ1v) is 25.1. The predicted molar refractivity (Wildman–Crippen MR) is 269 cm³/mol. The maximum atomic E-state index is 12.5. The zero-order valence-corrected chi connectivity index (χ0v) is 40.5. The van der Waals surface area contributed by atoms with Crippen LogP contribution in [0, 0.1) is 0 Å². The third kappa shape index (κ3) is 10.2. The molecule has 3 heterocycles. The van der Waals surface area contributed by atoms with E-state index < -0.39 is 0 Å². The van der Waals surface area contributed by atoms with Crippen molar-refractivity contribution < 1.29 is 28.6 Å². The highest BCUT2D eigenvalue weighted by atomic mass is 35.5. The number of hydrogen-bond acceptors (Lipinski definition) is 6. The highest BCUT2D eigenvalue weighted by molar-refractivity contribution is 6.31. The van der Waals surface area contributed by atoms with Crippen molar-refractivity contribution in [2.24, 2.45) is 0 Å². The molecule has 3 saturated heterocycles. The van der Waals surface area contributed by atoms with E-state index in [4.69, 9.17) is 49.0 Å². The van der Waals surface area contributed by atoms with E-state index in [0.29, 0.717) is 37.6 Å². The molecule has 69 heavy (non-hydrogen) atoms. The van der Waals surface area contributed by atoms with Gasteiger partial charge in [-0.1, -0.05) is 150 Å². The normalized spacial score (nSPS) is 21.9. The van der Waals surface area contributed by atoms with E-state index >= 15 is 0 Å². The van der Waals surface area contributed by atoms with Gasteiger partial charge in [0.05, 0.1) is 18.1 Å². The van der Waals surface area contributed by atoms with Gasteiger partial charge in [0, 0.05) is 34.7 Å². The number of fused-ring (bicyclic) bond motifs is 15. The van der Waals surface area contributed by atoms with Crippen LogP contribution in [-0.2, 0) is 34.0 Å². The lowest BCUT2D eigenvalue weighted by Gasteiger charge is -2.33. The van der Waals surface area contributed by atoms with Crippen LogP contribution in [-0.4, -0.2) is 52.6 Å². The van der Waals surface area contributed by atoms with Crippen molar-refractivity contribution in [3.63, 3.8) is 0 Å². The van der Waals surface area contributed by atoms with Gasteiger partial charge < -0.3 is 28.9 Å². The molecule has 6 aliphatic rings. The fourth-order valence-electron chi connectivity index (χ4n) is 11.3. The van der Waals surface area contributed by atoms with Crippen molar-refractivity contribution in [3.05, 3.63) is 211 Å². The number of nitrogens with zero attached hydrogens (tertiary/aromatic N) is 3. The topological polar surface area (TPSA) is 88.6 Å². The van der Waals surface area contributed by atoms with Gasteiger partial charge in [-0.3, -0.25) is 0 Å². The number of carbonyl (C=O) groups excluding carboxylic acids is 3. The Morgan fingerprint density at radius 2 is 0.826 bits per heavy atom. The molecule has 3 amide bonds. The molecular weight excluding hydrogens is 929 g/mol. The lowest BCUT2D eigenvalue weighted by molar-refractivity contribution is 0.0688. The average Bonchev–Trinajstić information content (AvgIpc) is 3.95. The van der Waals surface area contributed by atoms with Gasteiger partial charge in [0.25, 0.3) is 0 Å². The molecule has 0 N–H and O–H groups in total. The lowest BCUT2D eigenvalue weighted by Crippen LogP contribution is -2.37. The Hall–Kier alpha value is -6.00. The van der Waals surface area contributed by atoms with Gasteiger partial charge in [-0.25, -0.2) is 14.4 Å².